The highest BCUT2D eigenvalue weighted by Crippen LogP contribution is 2.36. The Morgan fingerprint density at radius 2 is 2.05 bits per heavy atom. The molecule has 102 valence electrons. The lowest BCUT2D eigenvalue weighted by Crippen LogP contribution is -2.37. The molecule has 0 atom stereocenters. The maximum absolute atomic E-state index is 11.3. The summed E-state index contributed by atoms with van der Waals surface area (Å²) in [6, 6.07) is 6.92. The van der Waals surface area contributed by atoms with E-state index in [2.05, 4.69) is 36.6 Å². The first kappa shape index (κ1) is 12.5. The van der Waals surface area contributed by atoms with Crippen LogP contribution < -0.4 is 10.6 Å². The zero-order chi connectivity index (χ0) is 13.4. The molecule has 3 nitrogen and oxygen atoms in total. The van der Waals surface area contributed by atoms with E-state index in [0.29, 0.717) is 12.5 Å². The maximum atomic E-state index is 11.3. The van der Waals surface area contributed by atoms with Gasteiger partial charge in [0.15, 0.2) is 0 Å². The average Bonchev–Trinajstić information content (AvgIpc) is 2.32. The number of fused-ring (bicyclic) bond motifs is 1. The van der Waals surface area contributed by atoms with Gasteiger partial charge in [0.05, 0.1) is 0 Å². The zero-order valence-electron chi connectivity index (χ0n) is 11.7. The summed E-state index contributed by atoms with van der Waals surface area (Å²) in [6.45, 7) is 4.62. The Morgan fingerprint density at radius 3 is 2.79 bits per heavy atom. The van der Waals surface area contributed by atoms with E-state index < -0.39 is 0 Å². The standard InChI is InChI=1S/C16H22N2O/c1-10(2)12-8-14(9-12)17-13-4-5-15-11(7-13)3-6-16(19)18-15/h4-5,7,10,12,14,17H,3,6,8-9H2,1-2H3,(H,18,19). The van der Waals surface area contributed by atoms with Gasteiger partial charge in [0.1, 0.15) is 0 Å². The molecule has 1 fully saturated rings. The number of carbonyl (C=O) groups is 1. The molecule has 0 unspecified atom stereocenters. The van der Waals surface area contributed by atoms with Crippen molar-refractivity contribution in [1.82, 2.24) is 0 Å². The van der Waals surface area contributed by atoms with E-state index in [4.69, 9.17) is 0 Å². The van der Waals surface area contributed by atoms with Gasteiger partial charge in [-0.05, 0) is 54.9 Å². The molecule has 19 heavy (non-hydrogen) atoms. The summed E-state index contributed by atoms with van der Waals surface area (Å²) in [5.41, 5.74) is 3.43. The molecule has 1 aromatic carbocycles. The van der Waals surface area contributed by atoms with Crippen molar-refractivity contribution in [3.63, 3.8) is 0 Å². The van der Waals surface area contributed by atoms with Crippen molar-refractivity contribution in [3.8, 4) is 0 Å². The van der Waals surface area contributed by atoms with Crippen molar-refractivity contribution in [2.45, 2.75) is 45.6 Å². The summed E-state index contributed by atoms with van der Waals surface area (Å²) in [6.07, 6.45) is 4.03. The van der Waals surface area contributed by atoms with Crippen LogP contribution in [0.5, 0.6) is 0 Å². The monoisotopic (exact) mass is 258 g/mol. The van der Waals surface area contributed by atoms with Crippen LogP contribution in [0.3, 0.4) is 0 Å². The maximum Gasteiger partial charge on any atom is 0.224 e. The number of anilines is 2. The van der Waals surface area contributed by atoms with Crippen LogP contribution in [0.1, 0.15) is 38.7 Å². The molecule has 1 heterocycles. The van der Waals surface area contributed by atoms with Crippen LogP contribution >= 0.6 is 0 Å². The summed E-state index contributed by atoms with van der Waals surface area (Å²) in [5, 5.41) is 6.54. The first-order chi connectivity index (χ1) is 9.11. The second kappa shape index (κ2) is 4.87. The third-order valence-electron chi connectivity index (χ3n) is 4.49. The van der Waals surface area contributed by atoms with Gasteiger partial charge in [-0.3, -0.25) is 4.79 Å². The predicted octanol–water partition coefficient (Wildman–Crippen LogP) is 3.42. The highest BCUT2D eigenvalue weighted by molar-refractivity contribution is 5.94. The van der Waals surface area contributed by atoms with Gasteiger partial charge in [-0.15, -0.1) is 0 Å². The van der Waals surface area contributed by atoms with Crippen LogP contribution in [0.15, 0.2) is 18.2 Å². The van der Waals surface area contributed by atoms with Crippen molar-refractivity contribution in [3.05, 3.63) is 23.8 Å². The van der Waals surface area contributed by atoms with Gasteiger partial charge < -0.3 is 10.6 Å². The Balaban J connectivity index is 1.62. The van der Waals surface area contributed by atoms with Crippen LogP contribution in [0.2, 0.25) is 0 Å². The van der Waals surface area contributed by atoms with E-state index in [9.17, 15) is 4.79 Å². The first-order valence-corrected chi connectivity index (χ1v) is 7.31. The predicted molar refractivity (Wildman–Crippen MR) is 78.4 cm³/mol. The highest BCUT2D eigenvalue weighted by atomic mass is 16.1. The fraction of sp³-hybridized carbons (Fsp3) is 0.562. The van der Waals surface area contributed by atoms with Crippen molar-refractivity contribution in [2.75, 3.05) is 10.6 Å². The third kappa shape index (κ3) is 2.60. The van der Waals surface area contributed by atoms with Crippen LogP contribution in [0.25, 0.3) is 0 Å². The number of carbonyl (C=O) groups excluding carboxylic acids is 1. The molecule has 2 N–H and O–H groups in total. The van der Waals surface area contributed by atoms with E-state index in [1.165, 1.54) is 24.1 Å². The molecule has 3 heteroatoms. The Kier molecular flexibility index (Phi) is 3.21. The van der Waals surface area contributed by atoms with E-state index in [1.54, 1.807) is 0 Å². The number of nitrogens with one attached hydrogen (secondary N) is 2. The van der Waals surface area contributed by atoms with Crippen molar-refractivity contribution < 1.29 is 4.79 Å². The quantitative estimate of drug-likeness (QED) is 0.872. The first-order valence-electron chi connectivity index (χ1n) is 7.31. The molecule has 1 aromatic rings. The lowest BCUT2D eigenvalue weighted by Gasteiger charge is -2.39. The molecular formula is C16H22N2O. The minimum absolute atomic E-state index is 0.131. The average molecular weight is 258 g/mol. The Bertz CT molecular complexity index is 490. The Morgan fingerprint density at radius 1 is 1.26 bits per heavy atom. The molecular weight excluding hydrogens is 236 g/mol. The van der Waals surface area contributed by atoms with Gasteiger partial charge in [-0.2, -0.15) is 0 Å². The molecule has 0 saturated heterocycles. The van der Waals surface area contributed by atoms with Crippen molar-refractivity contribution in [2.24, 2.45) is 11.8 Å². The van der Waals surface area contributed by atoms with Gasteiger partial charge in [0.2, 0.25) is 5.91 Å². The van der Waals surface area contributed by atoms with Crippen molar-refractivity contribution >= 4 is 17.3 Å². The topological polar surface area (TPSA) is 41.1 Å². The number of hydrogen-bond acceptors (Lipinski definition) is 2. The van der Waals surface area contributed by atoms with Gasteiger partial charge in [-0.25, -0.2) is 0 Å². The molecule has 2 aliphatic rings. The molecule has 1 amide bonds. The Hall–Kier alpha value is -1.51. The van der Waals surface area contributed by atoms with E-state index in [-0.39, 0.29) is 5.91 Å². The molecule has 3 rings (SSSR count). The fourth-order valence-corrected chi connectivity index (χ4v) is 3.03. The zero-order valence-corrected chi connectivity index (χ0v) is 11.7. The molecule has 0 radical (unpaired) electrons. The van der Waals surface area contributed by atoms with E-state index >= 15 is 0 Å². The van der Waals surface area contributed by atoms with Gasteiger partial charge in [0.25, 0.3) is 0 Å². The van der Waals surface area contributed by atoms with Crippen LogP contribution in [0.4, 0.5) is 11.4 Å². The summed E-state index contributed by atoms with van der Waals surface area (Å²) in [7, 11) is 0. The molecule has 1 aliphatic carbocycles. The highest BCUT2D eigenvalue weighted by Gasteiger charge is 2.31. The van der Waals surface area contributed by atoms with Gasteiger partial charge in [-0.1, -0.05) is 13.8 Å². The number of hydrogen-bond donors (Lipinski definition) is 2. The smallest absolute Gasteiger partial charge is 0.224 e. The Labute approximate surface area is 114 Å². The molecule has 0 bridgehead atoms. The third-order valence-corrected chi connectivity index (χ3v) is 4.49. The fourth-order valence-electron chi connectivity index (χ4n) is 3.03. The summed E-state index contributed by atoms with van der Waals surface area (Å²) in [4.78, 5) is 11.3. The van der Waals surface area contributed by atoms with Gasteiger partial charge >= 0.3 is 0 Å². The largest absolute Gasteiger partial charge is 0.382 e. The lowest BCUT2D eigenvalue weighted by atomic mass is 9.73. The molecule has 0 aromatic heterocycles. The minimum atomic E-state index is 0.131. The van der Waals surface area contributed by atoms with Crippen LogP contribution in [-0.2, 0) is 11.2 Å². The van der Waals surface area contributed by atoms with Gasteiger partial charge in [0, 0.05) is 23.8 Å². The molecule has 1 saturated carbocycles. The molecule has 1 aliphatic heterocycles. The normalized spacial score (nSPS) is 25.5. The number of benzene rings is 1. The second-order valence-corrected chi connectivity index (χ2v) is 6.24. The lowest BCUT2D eigenvalue weighted by molar-refractivity contribution is -0.116. The van der Waals surface area contributed by atoms with Crippen molar-refractivity contribution in [1.29, 1.82) is 0 Å². The second-order valence-electron chi connectivity index (χ2n) is 6.24. The summed E-state index contributed by atoms with van der Waals surface area (Å²) >= 11 is 0. The molecule has 0 spiro atoms. The summed E-state index contributed by atoms with van der Waals surface area (Å²) in [5.74, 6) is 1.82. The van der Waals surface area contributed by atoms with E-state index in [0.717, 1.165) is 23.9 Å². The van der Waals surface area contributed by atoms with Crippen LogP contribution in [-0.4, -0.2) is 11.9 Å². The number of amides is 1. The SMILES string of the molecule is CC(C)C1CC(Nc2ccc3c(c2)CCC(=O)N3)C1. The number of rotatable bonds is 3. The minimum Gasteiger partial charge on any atom is -0.382 e. The van der Waals surface area contributed by atoms with Crippen LogP contribution in [0, 0.1) is 11.8 Å². The van der Waals surface area contributed by atoms with E-state index in [1.807, 2.05) is 6.07 Å². The number of aryl methyl sites for hydroxylation is 1. The summed E-state index contributed by atoms with van der Waals surface area (Å²) < 4.78 is 0.